The van der Waals surface area contributed by atoms with E-state index < -0.39 is 0 Å². The first-order chi connectivity index (χ1) is 9.65. The van der Waals surface area contributed by atoms with E-state index in [0.717, 1.165) is 12.8 Å². The highest BCUT2D eigenvalue weighted by molar-refractivity contribution is 7.14. The molecule has 1 N–H and O–H groups in total. The van der Waals surface area contributed by atoms with Gasteiger partial charge in [0.1, 0.15) is 5.15 Å². The molecule has 0 spiro atoms. The van der Waals surface area contributed by atoms with Gasteiger partial charge in [0.05, 0.1) is 12.0 Å². The number of hydrogen-bond acceptors (Lipinski definition) is 5. The summed E-state index contributed by atoms with van der Waals surface area (Å²) in [7, 11) is 1.48. The Labute approximate surface area is 125 Å². The molecule has 104 valence electrons. The highest BCUT2D eigenvalue weighted by Crippen LogP contribution is 2.30. The van der Waals surface area contributed by atoms with Crippen molar-refractivity contribution in [3.05, 3.63) is 32.6 Å². The zero-order chi connectivity index (χ0) is 14.1. The second-order valence-corrected chi connectivity index (χ2v) is 5.95. The SMILES string of the molecule is COc1cc(Cl)nc(NC(=O)c2cc3c(s2)CCC3)n1. The Balaban J connectivity index is 1.79. The molecule has 20 heavy (non-hydrogen) atoms. The van der Waals surface area contributed by atoms with Crippen molar-refractivity contribution in [2.45, 2.75) is 19.3 Å². The number of hydrogen-bond donors (Lipinski definition) is 1. The number of thiophene rings is 1. The molecule has 5 nitrogen and oxygen atoms in total. The molecule has 0 aromatic carbocycles. The van der Waals surface area contributed by atoms with Crippen LogP contribution in [0.15, 0.2) is 12.1 Å². The summed E-state index contributed by atoms with van der Waals surface area (Å²) in [5.74, 6) is 0.246. The minimum atomic E-state index is -0.214. The summed E-state index contributed by atoms with van der Waals surface area (Å²) in [6, 6.07) is 3.43. The van der Waals surface area contributed by atoms with Crippen LogP contribution >= 0.6 is 22.9 Å². The lowest BCUT2D eigenvalue weighted by Crippen LogP contribution is -2.13. The Kier molecular flexibility index (Phi) is 3.58. The van der Waals surface area contributed by atoms with Gasteiger partial charge in [0, 0.05) is 10.9 Å². The van der Waals surface area contributed by atoms with Crippen LogP contribution in [-0.4, -0.2) is 23.0 Å². The second-order valence-electron chi connectivity index (χ2n) is 4.42. The summed E-state index contributed by atoms with van der Waals surface area (Å²) >= 11 is 7.37. The number of amides is 1. The highest BCUT2D eigenvalue weighted by Gasteiger charge is 2.19. The normalized spacial score (nSPS) is 13.1. The summed E-state index contributed by atoms with van der Waals surface area (Å²) in [5, 5.41) is 2.87. The minimum Gasteiger partial charge on any atom is -0.481 e. The van der Waals surface area contributed by atoms with Gasteiger partial charge in [-0.3, -0.25) is 10.1 Å². The van der Waals surface area contributed by atoms with Gasteiger partial charge >= 0.3 is 0 Å². The van der Waals surface area contributed by atoms with E-state index in [0.29, 0.717) is 10.8 Å². The third-order valence-corrected chi connectivity index (χ3v) is 4.51. The molecule has 0 bridgehead atoms. The minimum absolute atomic E-state index is 0.146. The molecule has 2 aromatic heterocycles. The molecule has 0 atom stereocenters. The molecule has 1 amide bonds. The van der Waals surface area contributed by atoms with Crippen molar-refractivity contribution in [1.29, 1.82) is 0 Å². The van der Waals surface area contributed by atoms with Crippen molar-refractivity contribution in [3.8, 4) is 5.88 Å². The summed E-state index contributed by atoms with van der Waals surface area (Å²) < 4.78 is 4.99. The molecule has 2 aromatic rings. The van der Waals surface area contributed by atoms with Gasteiger partial charge in [0.2, 0.25) is 11.8 Å². The Morgan fingerprint density at radius 3 is 3.00 bits per heavy atom. The van der Waals surface area contributed by atoms with Gasteiger partial charge in [0.15, 0.2) is 0 Å². The number of nitrogens with zero attached hydrogens (tertiary/aromatic N) is 2. The average Bonchev–Trinajstić information content (AvgIpc) is 2.98. The molecule has 0 saturated carbocycles. The lowest BCUT2D eigenvalue weighted by Gasteiger charge is -2.04. The quantitative estimate of drug-likeness (QED) is 0.885. The maximum Gasteiger partial charge on any atom is 0.268 e. The van der Waals surface area contributed by atoms with Crippen molar-refractivity contribution < 1.29 is 9.53 Å². The van der Waals surface area contributed by atoms with Crippen molar-refractivity contribution in [3.63, 3.8) is 0 Å². The number of fused-ring (bicyclic) bond motifs is 1. The number of carbonyl (C=O) groups excluding carboxylic acids is 1. The number of aryl methyl sites for hydroxylation is 2. The van der Waals surface area contributed by atoms with Crippen LogP contribution < -0.4 is 10.1 Å². The van der Waals surface area contributed by atoms with Gasteiger partial charge in [-0.2, -0.15) is 4.98 Å². The van der Waals surface area contributed by atoms with Gasteiger partial charge in [-0.25, -0.2) is 4.98 Å². The van der Waals surface area contributed by atoms with Crippen molar-refractivity contribution in [2.75, 3.05) is 12.4 Å². The van der Waals surface area contributed by atoms with E-state index in [-0.39, 0.29) is 17.0 Å². The molecule has 7 heteroatoms. The predicted molar refractivity (Wildman–Crippen MR) is 77.9 cm³/mol. The number of anilines is 1. The smallest absolute Gasteiger partial charge is 0.268 e. The Bertz CT molecular complexity index is 650. The highest BCUT2D eigenvalue weighted by atomic mass is 35.5. The molecule has 1 aliphatic carbocycles. The third-order valence-electron chi connectivity index (χ3n) is 3.08. The van der Waals surface area contributed by atoms with Crippen LogP contribution in [0.2, 0.25) is 5.15 Å². The fourth-order valence-electron chi connectivity index (χ4n) is 2.16. The first-order valence-corrected chi connectivity index (χ1v) is 7.36. The van der Waals surface area contributed by atoms with Crippen LogP contribution in [0.5, 0.6) is 5.88 Å². The van der Waals surface area contributed by atoms with Crippen molar-refractivity contribution in [1.82, 2.24) is 9.97 Å². The zero-order valence-electron chi connectivity index (χ0n) is 10.8. The first-order valence-electron chi connectivity index (χ1n) is 6.17. The lowest BCUT2D eigenvalue weighted by atomic mass is 10.2. The fourth-order valence-corrected chi connectivity index (χ4v) is 3.48. The first kappa shape index (κ1) is 13.3. The van der Waals surface area contributed by atoms with E-state index in [1.807, 2.05) is 6.07 Å². The second kappa shape index (κ2) is 5.38. The van der Waals surface area contributed by atoms with Gasteiger partial charge < -0.3 is 4.74 Å². The van der Waals surface area contributed by atoms with Crippen LogP contribution in [0.3, 0.4) is 0 Å². The molecule has 0 fully saturated rings. The lowest BCUT2D eigenvalue weighted by molar-refractivity contribution is 0.102. The van der Waals surface area contributed by atoms with E-state index in [1.165, 1.54) is 41.4 Å². The molecule has 0 unspecified atom stereocenters. The van der Waals surface area contributed by atoms with Crippen LogP contribution in [0.25, 0.3) is 0 Å². The average molecular weight is 310 g/mol. The van der Waals surface area contributed by atoms with Crippen molar-refractivity contribution in [2.24, 2.45) is 0 Å². The molecule has 0 aliphatic heterocycles. The summed E-state index contributed by atoms with van der Waals surface area (Å²) in [4.78, 5) is 22.1. The van der Waals surface area contributed by atoms with E-state index in [2.05, 4.69) is 15.3 Å². The molecule has 3 rings (SSSR count). The van der Waals surface area contributed by atoms with Gasteiger partial charge in [-0.15, -0.1) is 11.3 Å². The Hall–Kier alpha value is -1.66. The monoisotopic (exact) mass is 309 g/mol. The van der Waals surface area contributed by atoms with Crippen LogP contribution in [-0.2, 0) is 12.8 Å². The molecule has 1 aliphatic rings. The Morgan fingerprint density at radius 1 is 1.40 bits per heavy atom. The van der Waals surface area contributed by atoms with E-state index in [4.69, 9.17) is 16.3 Å². The van der Waals surface area contributed by atoms with Gasteiger partial charge in [-0.05, 0) is 30.9 Å². The number of nitrogens with one attached hydrogen (secondary N) is 1. The van der Waals surface area contributed by atoms with Gasteiger partial charge in [-0.1, -0.05) is 11.6 Å². The molecular formula is C13H12ClN3O2S. The topological polar surface area (TPSA) is 64.1 Å². The maximum atomic E-state index is 12.2. The largest absolute Gasteiger partial charge is 0.481 e. The molecule has 0 radical (unpaired) electrons. The summed E-state index contributed by atoms with van der Waals surface area (Å²) in [6.07, 6.45) is 3.30. The van der Waals surface area contributed by atoms with Crippen LogP contribution in [0.4, 0.5) is 5.95 Å². The summed E-state index contributed by atoms with van der Waals surface area (Å²) in [6.45, 7) is 0. The van der Waals surface area contributed by atoms with E-state index in [1.54, 1.807) is 0 Å². The number of halogens is 1. The number of ether oxygens (including phenoxy) is 1. The molecular weight excluding hydrogens is 298 g/mol. The number of carbonyl (C=O) groups is 1. The molecule has 0 saturated heterocycles. The summed E-state index contributed by atoms with van der Waals surface area (Å²) in [5.41, 5.74) is 1.28. The number of rotatable bonds is 3. The van der Waals surface area contributed by atoms with Crippen LogP contribution in [0.1, 0.15) is 26.5 Å². The van der Waals surface area contributed by atoms with Crippen LogP contribution in [0, 0.1) is 0 Å². The van der Waals surface area contributed by atoms with Crippen molar-refractivity contribution >= 4 is 34.8 Å². The van der Waals surface area contributed by atoms with Gasteiger partial charge in [0.25, 0.3) is 5.91 Å². The van der Waals surface area contributed by atoms with E-state index in [9.17, 15) is 4.79 Å². The maximum absolute atomic E-state index is 12.2. The number of methoxy groups -OCH3 is 1. The Morgan fingerprint density at radius 2 is 2.25 bits per heavy atom. The predicted octanol–water partition coefficient (Wildman–Crippen LogP) is 2.94. The van der Waals surface area contributed by atoms with E-state index >= 15 is 0 Å². The zero-order valence-corrected chi connectivity index (χ0v) is 12.3. The standard InChI is InChI=1S/C13H12ClN3O2S/c1-19-11-6-10(14)15-13(16-11)17-12(18)9-5-7-3-2-4-8(7)20-9/h5-6H,2-4H2,1H3,(H,15,16,17,18). The molecule has 2 heterocycles. The third kappa shape index (κ3) is 2.62. The fraction of sp³-hybridized carbons (Fsp3) is 0.308. The number of aromatic nitrogens is 2.